The molecule has 4 aliphatic rings. The highest BCUT2D eigenvalue weighted by molar-refractivity contribution is 6.47. The number of piperazine rings is 1. The summed E-state index contributed by atoms with van der Waals surface area (Å²) in [4.78, 5) is 54.7. The lowest BCUT2D eigenvalue weighted by atomic mass is 9.76. The number of fused-ring (bicyclic) bond motifs is 2. The van der Waals surface area contributed by atoms with E-state index in [1.165, 1.54) is 0 Å². The Bertz CT molecular complexity index is 1020. The predicted molar refractivity (Wildman–Crippen MR) is 103 cm³/mol. The summed E-state index contributed by atoms with van der Waals surface area (Å²) in [6, 6.07) is -0.217. The maximum atomic E-state index is 13.8. The Hall–Kier alpha value is -2.75. The summed E-state index contributed by atoms with van der Waals surface area (Å²) in [7, 11) is 0. The number of rotatable bonds is 3. The first-order valence-electron chi connectivity index (χ1n) is 10.7. The Morgan fingerprint density at radius 3 is 2.53 bits per heavy atom. The molecule has 2 amide bonds. The van der Waals surface area contributed by atoms with Crippen molar-refractivity contribution in [3.63, 3.8) is 0 Å². The van der Waals surface area contributed by atoms with Gasteiger partial charge in [-0.15, -0.1) is 0 Å². The van der Waals surface area contributed by atoms with E-state index in [1.54, 1.807) is 9.80 Å². The van der Waals surface area contributed by atoms with E-state index in [1.807, 2.05) is 0 Å². The van der Waals surface area contributed by atoms with Crippen molar-refractivity contribution in [2.75, 3.05) is 19.6 Å². The van der Waals surface area contributed by atoms with Gasteiger partial charge in [0, 0.05) is 43.9 Å². The third kappa shape index (κ3) is 3.15. The molecule has 1 aliphatic carbocycles. The molecular formula is C22H22F3N3O4. The van der Waals surface area contributed by atoms with Gasteiger partial charge in [-0.05, 0) is 25.2 Å². The fraction of sp³-hybridized carbons (Fsp3) is 0.545. The van der Waals surface area contributed by atoms with Gasteiger partial charge in [-0.2, -0.15) is 0 Å². The highest BCUT2D eigenvalue weighted by atomic mass is 19.1. The van der Waals surface area contributed by atoms with Crippen molar-refractivity contribution in [2.24, 2.45) is 11.8 Å². The molecule has 4 unspecified atom stereocenters. The van der Waals surface area contributed by atoms with Gasteiger partial charge in [-0.1, -0.05) is 6.42 Å². The first-order chi connectivity index (χ1) is 15.2. The zero-order valence-electron chi connectivity index (χ0n) is 17.2. The topological polar surface area (TPSA) is 86.8 Å². The normalized spacial score (nSPS) is 32.0. The minimum Gasteiger partial charge on any atom is -0.351 e. The Balaban J connectivity index is 1.34. The average molecular weight is 449 g/mol. The van der Waals surface area contributed by atoms with Gasteiger partial charge in [-0.25, -0.2) is 13.2 Å². The third-order valence-electron chi connectivity index (χ3n) is 7.39. The lowest BCUT2D eigenvalue weighted by Gasteiger charge is -2.52. The summed E-state index contributed by atoms with van der Waals surface area (Å²) in [5.74, 6) is -7.52. The van der Waals surface area contributed by atoms with E-state index in [0.29, 0.717) is 31.1 Å². The monoisotopic (exact) mass is 449 g/mol. The van der Waals surface area contributed by atoms with Crippen molar-refractivity contribution in [1.29, 1.82) is 0 Å². The summed E-state index contributed by atoms with van der Waals surface area (Å²) in [5.41, 5.74) is -0.910. The fourth-order valence-electron chi connectivity index (χ4n) is 5.95. The van der Waals surface area contributed by atoms with Crippen LogP contribution in [-0.2, 0) is 25.7 Å². The average Bonchev–Trinajstić information content (AvgIpc) is 2.99. The lowest BCUT2D eigenvalue weighted by Crippen LogP contribution is -2.72. The molecule has 10 heteroatoms. The van der Waals surface area contributed by atoms with Crippen LogP contribution in [0, 0.1) is 29.3 Å². The van der Waals surface area contributed by atoms with Crippen molar-refractivity contribution in [3.8, 4) is 0 Å². The number of nitrogens with one attached hydrogen (secondary N) is 1. The van der Waals surface area contributed by atoms with Crippen LogP contribution in [0.2, 0.25) is 0 Å². The van der Waals surface area contributed by atoms with Gasteiger partial charge < -0.3 is 10.2 Å². The molecule has 0 aromatic heterocycles. The molecule has 4 atom stereocenters. The predicted octanol–water partition coefficient (Wildman–Crippen LogP) is 0.943. The first kappa shape index (κ1) is 21.1. The summed E-state index contributed by atoms with van der Waals surface area (Å²) in [6.45, 7) is 0.311. The second-order valence-corrected chi connectivity index (χ2v) is 9.31. The molecule has 4 fully saturated rings. The second kappa shape index (κ2) is 7.40. The standard InChI is InChI=1S/C22H22F3N3O4/c23-12-4-15(24)13(16(25)5-12)7-26-20(31)14-9-27-10-22-3-1-2-11(6-22)8-28(22)21(32)17(27)19(30)18(14)29/h4-5,11,14,17H,1-3,6-10H2,(H,26,31). The number of Topliss-reactive ketones (excluding diaryl/α,β-unsaturated/α-hetero) is 2. The number of benzene rings is 1. The number of halogens is 3. The molecule has 5 rings (SSSR count). The highest BCUT2D eigenvalue weighted by Crippen LogP contribution is 2.47. The Labute approximate surface area is 181 Å². The van der Waals surface area contributed by atoms with Crippen molar-refractivity contribution < 1.29 is 32.3 Å². The fourth-order valence-corrected chi connectivity index (χ4v) is 5.95. The van der Waals surface area contributed by atoms with Crippen molar-refractivity contribution in [2.45, 2.75) is 43.8 Å². The largest absolute Gasteiger partial charge is 0.351 e. The summed E-state index contributed by atoms with van der Waals surface area (Å²) < 4.78 is 40.8. The Morgan fingerprint density at radius 2 is 1.81 bits per heavy atom. The van der Waals surface area contributed by atoms with Crippen LogP contribution in [0.4, 0.5) is 13.2 Å². The van der Waals surface area contributed by atoms with Gasteiger partial charge in [0.25, 0.3) is 0 Å². The molecule has 1 saturated carbocycles. The quantitative estimate of drug-likeness (QED) is 0.549. The van der Waals surface area contributed by atoms with Crippen LogP contribution in [-0.4, -0.2) is 64.4 Å². The van der Waals surface area contributed by atoms with Crippen LogP contribution < -0.4 is 5.32 Å². The summed E-state index contributed by atoms with van der Waals surface area (Å²) in [5, 5.41) is 2.28. The molecule has 3 saturated heterocycles. The Morgan fingerprint density at radius 1 is 1.09 bits per heavy atom. The number of amides is 2. The molecule has 170 valence electrons. The van der Waals surface area contributed by atoms with Crippen LogP contribution in [0.25, 0.3) is 0 Å². The van der Waals surface area contributed by atoms with Crippen LogP contribution in [0.5, 0.6) is 0 Å². The van der Waals surface area contributed by atoms with E-state index in [2.05, 4.69) is 5.32 Å². The molecule has 3 aliphatic heterocycles. The van der Waals surface area contributed by atoms with Crippen LogP contribution in [0.1, 0.15) is 31.2 Å². The Kier molecular flexibility index (Phi) is 4.88. The van der Waals surface area contributed by atoms with E-state index in [4.69, 9.17) is 0 Å². The van der Waals surface area contributed by atoms with Crippen molar-refractivity contribution >= 4 is 23.4 Å². The zero-order valence-corrected chi connectivity index (χ0v) is 17.2. The number of carbonyl (C=O) groups is 4. The van der Waals surface area contributed by atoms with Gasteiger partial charge in [0.1, 0.15) is 23.4 Å². The number of nitrogens with zero attached hydrogens (tertiary/aromatic N) is 2. The number of piperidine rings is 1. The maximum absolute atomic E-state index is 13.8. The van der Waals surface area contributed by atoms with E-state index < -0.39 is 59.0 Å². The molecule has 7 nitrogen and oxygen atoms in total. The van der Waals surface area contributed by atoms with Crippen molar-refractivity contribution in [3.05, 3.63) is 35.1 Å². The van der Waals surface area contributed by atoms with E-state index in [9.17, 15) is 32.3 Å². The highest BCUT2D eigenvalue weighted by Gasteiger charge is 2.60. The van der Waals surface area contributed by atoms with Crippen LogP contribution in [0.15, 0.2) is 12.1 Å². The number of hydrogen-bond donors (Lipinski definition) is 1. The van der Waals surface area contributed by atoms with Gasteiger partial charge in [-0.3, -0.25) is 24.1 Å². The van der Waals surface area contributed by atoms with E-state index in [0.717, 1.165) is 25.7 Å². The molecule has 1 aromatic carbocycles. The number of hydrogen-bond acceptors (Lipinski definition) is 5. The third-order valence-corrected chi connectivity index (χ3v) is 7.39. The molecule has 1 spiro atoms. The van der Waals surface area contributed by atoms with Gasteiger partial charge in [0.15, 0.2) is 6.04 Å². The van der Waals surface area contributed by atoms with Gasteiger partial charge in [0.05, 0.1) is 5.54 Å². The molecule has 3 heterocycles. The minimum atomic E-state index is -1.37. The zero-order chi connectivity index (χ0) is 22.8. The van der Waals surface area contributed by atoms with Crippen LogP contribution >= 0.6 is 0 Å². The lowest BCUT2D eigenvalue weighted by molar-refractivity contribution is -0.166. The van der Waals surface area contributed by atoms with Crippen molar-refractivity contribution in [1.82, 2.24) is 15.1 Å². The minimum absolute atomic E-state index is 0.110. The molecular weight excluding hydrogens is 427 g/mol. The smallest absolute Gasteiger partial charge is 0.248 e. The number of carbonyl (C=O) groups excluding carboxylic acids is 4. The van der Waals surface area contributed by atoms with E-state index >= 15 is 0 Å². The molecule has 32 heavy (non-hydrogen) atoms. The molecule has 1 N–H and O–H groups in total. The molecule has 1 aromatic rings. The van der Waals surface area contributed by atoms with Gasteiger partial charge in [0.2, 0.25) is 23.4 Å². The maximum Gasteiger partial charge on any atom is 0.248 e. The summed E-state index contributed by atoms with van der Waals surface area (Å²) in [6.07, 6.45) is 3.69. The molecule has 0 radical (unpaired) electrons. The first-order valence-corrected chi connectivity index (χ1v) is 10.7. The van der Waals surface area contributed by atoms with Crippen LogP contribution in [0.3, 0.4) is 0 Å². The van der Waals surface area contributed by atoms with Gasteiger partial charge >= 0.3 is 0 Å². The SMILES string of the molecule is O=C(NCc1c(F)cc(F)cc1F)C1CN2CC34CCCC(CN3C(=O)C2C(=O)C1=O)C4. The summed E-state index contributed by atoms with van der Waals surface area (Å²) >= 11 is 0. The number of ketones is 2. The molecule has 2 bridgehead atoms. The van der Waals surface area contributed by atoms with E-state index in [-0.39, 0.29) is 18.0 Å². The second-order valence-electron chi connectivity index (χ2n) is 9.31.